The molecule has 1 rings (SSSR count). The highest BCUT2D eigenvalue weighted by atomic mass is 35.5. The second kappa shape index (κ2) is 9.15. The van der Waals surface area contributed by atoms with Crippen molar-refractivity contribution in [1.82, 2.24) is 10.2 Å². The molecular weight excluding hydrogens is 337 g/mol. The van der Waals surface area contributed by atoms with Crippen LogP contribution in [0.25, 0.3) is 0 Å². The van der Waals surface area contributed by atoms with Gasteiger partial charge in [0.1, 0.15) is 0 Å². The fraction of sp³-hybridized carbons (Fsp3) is 0.917. The third-order valence-corrected chi connectivity index (χ3v) is 4.99. The molecule has 0 aromatic heterocycles. The minimum atomic E-state index is -2.84. The van der Waals surface area contributed by atoms with Crippen molar-refractivity contribution in [3.63, 3.8) is 0 Å². The highest BCUT2D eigenvalue weighted by Crippen LogP contribution is 2.16. The largest absolute Gasteiger partial charge is 0.353 e. The lowest BCUT2D eigenvalue weighted by atomic mass is 9.87. The molecule has 1 aliphatic heterocycles. The fourth-order valence-corrected chi connectivity index (χ4v) is 3.09. The Morgan fingerprint density at radius 1 is 1.24 bits per heavy atom. The van der Waals surface area contributed by atoms with E-state index in [9.17, 15) is 13.2 Å². The molecule has 0 aromatic rings. The van der Waals surface area contributed by atoms with Crippen LogP contribution < -0.4 is 11.1 Å². The SMILES string of the molecule is CC(C)(C)[C@H](N)C(=O)NCCN1CCS(=O)(=O)CC1.Cl.Cl. The van der Waals surface area contributed by atoms with Gasteiger partial charge >= 0.3 is 0 Å². The Morgan fingerprint density at radius 3 is 2.14 bits per heavy atom. The number of hydrogen-bond acceptors (Lipinski definition) is 5. The Morgan fingerprint density at radius 2 is 1.71 bits per heavy atom. The van der Waals surface area contributed by atoms with Crippen LogP contribution in [0.3, 0.4) is 0 Å². The first kappa shape index (κ1) is 23.2. The van der Waals surface area contributed by atoms with Crippen molar-refractivity contribution in [1.29, 1.82) is 0 Å². The molecule has 21 heavy (non-hydrogen) atoms. The van der Waals surface area contributed by atoms with Crippen molar-refractivity contribution in [3.8, 4) is 0 Å². The van der Waals surface area contributed by atoms with Gasteiger partial charge in [-0.3, -0.25) is 9.69 Å². The van der Waals surface area contributed by atoms with E-state index in [1.807, 2.05) is 25.7 Å². The zero-order valence-electron chi connectivity index (χ0n) is 12.8. The summed E-state index contributed by atoms with van der Waals surface area (Å²) in [7, 11) is -2.84. The summed E-state index contributed by atoms with van der Waals surface area (Å²) < 4.78 is 22.5. The Bertz CT molecular complexity index is 410. The average molecular weight is 364 g/mol. The van der Waals surface area contributed by atoms with Crippen LogP contribution in [0.4, 0.5) is 0 Å². The van der Waals surface area contributed by atoms with E-state index in [4.69, 9.17) is 5.73 Å². The van der Waals surface area contributed by atoms with Crippen LogP contribution in [0.2, 0.25) is 0 Å². The number of carbonyl (C=O) groups excluding carboxylic acids is 1. The van der Waals surface area contributed by atoms with Crippen molar-refractivity contribution in [2.75, 3.05) is 37.7 Å². The first-order valence-electron chi connectivity index (χ1n) is 6.58. The van der Waals surface area contributed by atoms with Gasteiger partial charge < -0.3 is 11.1 Å². The van der Waals surface area contributed by atoms with Gasteiger partial charge in [-0.1, -0.05) is 20.8 Å². The van der Waals surface area contributed by atoms with Crippen molar-refractivity contribution in [2.24, 2.45) is 11.1 Å². The average Bonchev–Trinajstić information content (AvgIpc) is 2.29. The van der Waals surface area contributed by atoms with Crippen LogP contribution in [0.5, 0.6) is 0 Å². The first-order valence-corrected chi connectivity index (χ1v) is 8.40. The lowest BCUT2D eigenvalue weighted by Crippen LogP contribution is -2.50. The number of halogens is 2. The second-order valence-electron chi connectivity index (χ2n) is 6.13. The molecule has 0 aromatic carbocycles. The molecule has 0 radical (unpaired) electrons. The van der Waals surface area contributed by atoms with Crippen molar-refractivity contribution >= 4 is 40.6 Å². The Kier molecular flexibility index (Phi) is 10.1. The van der Waals surface area contributed by atoms with Crippen LogP contribution in [0.1, 0.15) is 20.8 Å². The molecule has 1 saturated heterocycles. The van der Waals surface area contributed by atoms with Gasteiger partial charge in [0.2, 0.25) is 5.91 Å². The molecule has 3 N–H and O–H groups in total. The molecule has 1 heterocycles. The van der Waals surface area contributed by atoms with E-state index in [1.54, 1.807) is 0 Å². The number of nitrogens with two attached hydrogens (primary N) is 1. The Balaban J connectivity index is 0. The predicted molar refractivity (Wildman–Crippen MR) is 90.0 cm³/mol. The van der Waals surface area contributed by atoms with Crippen LogP contribution in [0, 0.1) is 5.41 Å². The number of sulfone groups is 1. The van der Waals surface area contributed by atoms with E-state index < -0.39 is 15.9 Å². The van der Waals surface area contributed by atoms with E-state index in [-0.39, 0.29) is 47.6 Å². The maximum atomic E-state index is 11.8. The molecule has 0 unspecified atom stereocenters. The third kappa shape index (κ3) is 8.21. The van der Waals surface area contributed by atoms with Gasteiger partial charge in [0.15, 0.2) is 9.84 Å². The highest BCUT2D eigenvalue weighted by Gasteiger charge is 2.27. The van der Waals surface area contributed by atoms with Gasteiger partial charge in [0.05, 0.1) is 17.5 Å². The van der Waals surface area contributed by atoms with E-state index in [2.05, 4.69) is 5.32 Å². The van der Waals surface area contributed by atoms with Crippen LogP contribution in [0.15, 0.2) is 0 Å². The van der Waals surface area contributed by atoms with Crippen LogP contribution in [-0.2, 0) is 14.6 Å². The topological polar surface area (TPSA) is 92.5 Å². The molecular formula is C12H27Cl2N3O3S. The van der Waals surface area contributed by atoms with Crippen molar-refractivity contribution in [2.45, 2.75) is 26.8 Å². The Hall–Kier alpha value is -0.0800. The molecule has 0 aliphatic carbocycles. The summed E-state index contributed by atoms with van der Waals surface area (Å²) >= 11 is 0. The quantitative estimate of drug-likeness (QED) is 0.735. The zero-order valence-corrected chi connectivity index (χ0v) is 15.2. The lowest BCUT2D eigenvalue weighted by Gasteiger charge is -2.28. The van der Waals surface area contributed by atoms with E-state index in [0.717, 1.165) is 0 Å². The summed E-state index contributed by atoms with van der Waals surface area (Å²) in [4.78, 5) is 13.8. The summed E-state index contributed by atoms with van der Waals surface area (Å²) in [6.07, 6.45) is 0. The summed E-state index contributed by atoms with van der Waals surface area (Å²) in [6, 6.07) is -0.533. The molecule has 0 saturated carbocycles. The van der Waals surface area contributed by atoms with Gasteiger partial charge in [-0.2, -0.15) is 0 Å². The smallest absolute Gasteiger partial charge is 0.237 e. The fourth-order valence-electron chi connectivity index (χ4n) is 1.81. The Labute approximate surface area is 139 Å². The number of hydrogen-bond donors (Lipinski definition) is 2. The third-order valence-electron chi connectivity index (χ3n) is 3.38. The maximum absolute atomic E-state index is 11.8. The molecule has 1 amide bonds. The molecule has 9 heteroatoms. The second-order valence-corrected chi connectivity index (χ2v) is 8.43. The molecule has 128 valence electrons. The minimum Gasteiger partial charge on any atom is -0.353 e. The predicted octanol–water partition coefficient (Wildman–Crippen LogP) is 0.0500. The number of nitrogens with one attached hydrogen (secondary N) is 1. The molecule has 1 aliphatic rings. The van der Waals surface area contributed by atoms with Crippen molar-refractivity contribution < 1.29 is 13.2 Å². The van der Waals surface area contributed by atoms with Gasteiger partial charge in [-0.25, -0.2) is 8.42 Å². The molecule has 0 spiro atoms. The molecule has 0 bridgehead atoms. The van der Waals surface area contributed by atoms with Gasteiger partial charge in [0.25, 0.3) is 0 Å². The van der Waals surface area contributed by atoms with E-state index in [0.29, 0.717) is 26.2 Å². The number of rotatable bonds is 4. The molecule has 1 atom stereocenters. The summed E-state index contributed by atoms with van der Waals surface area (Å²) in [5.41, 5.74) is 5.58. The number of amides is 1. The van der Waals surface area contributed by atoms with Crippen LogP contribution in [-0.4, -0.2) is 63.0 Å². The maximum Gasteiger partial charge on any atom is 0.237 e. The van der Waals surface area contributed by atoms with Crippen LogP contribution >= 0.6 is 24.8 Å². The standard InChI is InChI=1S/C12H25N3O3S.2ClH/c1-12(2,3)10(13)11(16)14-4-5-15-6-8-19(17,18)9-7-15;;/h10H,4-9,13H2,1-3H3,(H,14,16);2*1H/t10-;;/m1../s1. The summed E-state index contributed by atoms with van der Waals surface area (Å²) in [5.74, 6) is 0.266. The number of carbonyl (C=O) groups is 1. The normalized spacial score (nSPS) is 19.8. The van der Waals surface area contributed by atoms with Gasteiger partial charge in [0, 0.05) is 26.2 Å². The zero-order chi connectivity index (χ0) is 14.7. The van der Waals surface area contributed by atoms with Gasteiger partial charge in [-0.15, -0.1) is 24.8 Å². The molecule has 6 nitrogen and oxygen atoms in total. The van der Waals surface area contributed by atoms with Crippen molar-refractivity contribution in [3.05, 3.63) is 0 Å². The minimum absolute atomic E-state index is 0. The van der Waals surface area contributed by atoms with E-state index in [1.165, 1.54) is 0 Å². The monoisotopic (exact) mass is 363 g/mol. The lowest BCUT2D eigenvalue weighted by molar-refractivity contribution is -0.124. The van der Waals surface area contributed by atoms with E-state index >= 15 is 0 Å². The summed E-state index contributed by atoms with van der Waals surface area (Å²) in [6.45, 7) is 8.03. The molecule has 1 fully saturated rings. The van der Waals surface area contributed by atoms with Gasteiger partial charge in [-0.05, 0) is 5.41 Å². The highest BCUT2D eigenvalue weighted by molar-refractivity contribution is 7.91. The number of nitrogens with zero attached hydrogens (tertiary/aromatic N) is 1. The first-order chi connectivity index (χ1) is 8.62. The summed E-state index contributed by atoms with van der Waals surface area (Å²) in [5, 5.41) is 2.80.